The van der Waals surface area contributed by atoms with E-state index in [1.807, 2.05) is 31.2 Å². The molecule has 0 spiro atoms. The Kier molecular flexibility index (Phi) is 6.25. The molecule has 1 atom stereocenters. The molecule has 7 heteroatoms. The second-order valence-electron chi connectivity index (χ2n) is 6.78. The molecule has 0 aliphatic carbocycles. The van der Waals surface area contributed by atoms with Crippen molar-refractivity contribution in [1.29, 1.82) is 5.26 Å². The molecule has 29 heavy (non-hydrogen) atoms. The lowest BCUT2D eigenvalue weighted by molar-refractivity contribution is 0.185. The van der Waals surface area contributed by atoms with Crippen molar-refractivity contribution >= 4 is 0 Å². The van der Waals surface area contributed by atoms with Gasteiger partial charge in [0.2, 0.25) is 5.88 Å². The van der Waals surface area contributed by atoms with Gasteiger partial charge in [-0.05, 0) is 12.5 Å². The van der Waals surface area contributed by atoms with Crippen molar-refractivity contribution in [2.45, 2.75) is 32.2 Å². The van der Waals surface area contributed by atoms with Gasteiger partial charge >= 0.3 is 0 Å². The predicted molar refractivity (Wildman–Crippen MR) is 109 cm³/mol. The highest BCUT2D eigenvalue weighted by atomic mass is 16.5. The summed E-state index contributed by atoms with van der Waals surface area (Å²) in [5.41, 5.74) is 7.99. The number of nitrogens with two attached hydrogens (primary N) is 1. The Labute approximate surface area is 169 Å². The molecule has 1 aliphatic heterocycles. The number of methoxy groups -OCH3 is 2. The van der Waals surface area contributed by atoms with Crippen LogP contribution in [0.15, 0.2) is 46.6 Å². The van der Waals surface area contributed by atoms with E-state index >= 15 is 0 Å². The lowest BCUT2D eigenvalue weighted by Gasteiger charge is -2.28. The van der Waals surface area contributed by atoms with Crippen LogP contribution in [-0.2, 0) is 17.7 Å². The second-order valence-corrected chi connectivity index (χ2v) is 6.78. The minimum absolute atomic E-state index is 0.00685. The van der Waals surface area contributed by atoms with Crippen LogP contribution in [0.25, 0.3) is 0 Å². The number of hydrogen-bond acceptors (Lipinski definition) is 6. The fourth-order valence-electron chi connectivity index (χ4n) is 3.72. The largest absolute Gasteiger partial charge is 0.496 e. The molecular weight excluding hydrogens is 370 g/mol. The average Bonchev–Trinajstić information content (AvgIpc) is 2.72. The molecule has 1 aromatic carbocycles. The predicted octanol–water partition coefficient (Wildman–Crippen LogP) is 2.67. The third kappa shape index (κ3) is 3.71. The first kappa shape index (κ1) is 20.5. The fraction of sp³-hybridized carbons (Fsp3) is 0.364. The number of nitrogens with zero attached hydrogens (tertiary/aromatic N) is 2. The maximum absolute atomic E-state index is 13.6. The quantitative estimate of drug-likeness (QED) is 0.774. The van der Waals surface area contributed by atoms with Gasteiger partial charge in [-0.15, -0.1) is 0 Å². The molecule has 3 rings (SSSR count). The molecular formula is C22H25N3O4. The van der Waals surface area contributed by atoms with Crippen LogP contribution in [0.4, 0.5) is 0 Å². The number of fused-ring (bicyclic) bond motifs is 1. The van der Waals surface area contributed by atoms with Crippen LogP contribution in [-0.4, -0.2) is 25.4 Å². The maximum atomic E-state index is 13.6. The SMILES string of the molecule is CCCc1cc2c(c(=O)n1CCOC)C(c1ccccc1OC)C(C#N)=C(N)O2. The zero-order valence-electron chi connectivity index (χ0n) is 16.9. The zero-order valence-corrected chi connectivity index (χ0v) is 16.9. The van der Waals surface area contributed by atoms with Crippen LogP contribution in [0.3, 0.4) is 0 Å². The summed E-state index contributed by atoms with van der Waals surface area (Å²) in [4.78, 5) is 13.6. The number of ether oxygens (including phenoxy) is 3. The zero-order chi connectivity index (χ0) is 21.0. The summed E-state index contributed by atoms with van der Waals surface area (Å²) in [5, 5.41) is 9.79. The first-order chi connectivity index (χ1) is 14.1. The molecule has 7 nitrogen and oxygen atoms in total. The standard InChI is InChI=1S/C22H25N3O4/c1-4-7-14-12-18-20(22(26)25(14)10-11-27-2)19(16(13-23)21(24)29-18)15-8-5-6-9-17(15)28-3/h5-6,8-9,12,19H,4,7,10-11,24H2,1-3H3. The fourth-order valence-corrected chi connectivity index (χ4v) is 3.72. The van der Waals surface area contributed by atoms with E-state index in [2.05, 4.69) is 6.07 Å². The molecule has 0 saturated carbocycles. The molecule has 152 valence electrons. The number of hydrogen-bond donors (Lipinski definition) is 1. The molecule has 2 heterocycles. The summed E-state index contributed by atoms with van der Waals surface area (Å²) in [5.74, 6) is 0.301. The molecule has 0 bridgehead atoms. The Hall–Kier alpha value is -3.24. The van der Waals surface area contributed by atoms with Gasteiger partial charge in [0.05, 0.1) is 25.2 Å². The van der Waals surface area contributed by atoms with Gasteiger partial charge in [0.25, 0.3) is 5.56 Å². The number of nitriles is 1. The van der Waals surface area contributed by atoms with E-state index in [0.717, 1.165) is 12.1 Å². The van der Waals surface area contributed by atoms with Crippen LogP contribution >= 0.6 is 0 Å². The van der Waals surface area contributed by atoms with Crippen LogP contribution in [0, 0.1) is 11.3 Å². The Balaban J connectivity index is 2.31. The molecule has 1 aliphatic rings. The van der Waals surface area contributed by atoms with Crippen molar-refractivity contribution in [3.05, 3.63) is 69.0 Å². The molecule has 0 fully saturated rings. The molecule has 2 N–H and O–H groups in total. The molecule has 0 amide bonds. The molecule has 2 aromatic rings. The third-order valence-electron chi connectivity index (χ3n) is 5.04. The maximum Gasteiger partial charge on any atom is 0.258 e. The minimum Gasteiger partial charge on any atom is -0.496 e. The van der Waals surface area contributed by atoms with Gasteiger partial charge in [-0.3, -0.25) is 4.79 Å². The number of aryl methyl sites for hydroxylation is 1. The number of para-hydroxylation sites is 1. The van der Waals surface area contributed by atoms with Gasteiger partial charge in [0, 0.05) is 31.0 Å². The molecule has 1 unspecified atom stereocenters. The lowest BCUT2D eigenvalue weighted by atomic mass is 9.83. The first-order valence-electron chi connectivity index (χ1n) is 9.53. The Morgan fingerprint density at radius 3 is 2.72 bits per heavy atom. The summed E-state index contributed by atoms with van der Waals surface area (Å²) < 4.78 is 18.1. The van der Waals surface area contributed by atoms with Crippen molar-refractivity contribution in [2.24, 2.45) is 5.73 Å². The highest BCUT2D eigenvalue weighted by Gasteiger charge is 2.36. The third-order valence-corrected chi connectivity index (χ3v) is 5.04. The van der Waals surface area contributed by atoms with Crippen LogP contribution in [0.1, 0.15) is 36.1 Å². The minimum atomic E-state index is -0.670. The average molecular weight is 395 g/mol. The van der Waals surface area contributed by atoms with E-state index in [9.17, 15) is 10.1 Å². The van der Waals surface area contributed by atoms with Gasteiger partial charge in [-0.1, -0.05) is 31.5 Å². The number of pyridine rings is 1. The highest BCUT2D eigenvalue weighted by molar-refractivity contribution is 5.58. The van der Waals surface area contributed by atoms with E-state index in [-0.39, 0.29) is 17.0 Å². The van der Waals surface area contributed by atoms with Crippen LogP contribution in [0.5, 0.6) is 11.5 Å². The normalized spacial score (nSPS) is 15.4. The van der Waals surface area contributed by atoms with Gasteiger partial charge in [0.1, 0.15) is 23.1 Å². The number of aromatic nitrogens is 1. The van der Waals surface area contributed by atoms with E-state index in [4.69, 9.17) is 19.9 Å². The Bertz CT molecular complexity index is 1030. The number of allylic oxidation sites excluding steroid dienone is 1. The topological polar surface area (TPSA) is 99.5 Å². The first-order valence-corrected chi connectivity index (χ1v) is 9.53. The van der Waals surface area contributed by atoms with E-state index in [1.165, 1.54) is 0 Å². The second kappa shape index (κ2) is 8.84. The summed E-state index contributed by atoms with van der Waals surface area (Å²) in [7, 11) is 3.15. The Morgan fingerprint density at radius 1 is 1.31 bits per heavy atom. The number of rotatable bonds is 7. The van der Waals surface area contributed by atoms with E-state index in [1.54, 1.807) is 24.9 Å². The van der Waals surface area contributed by atoms with Crippen molar-refractivity contribution < 1.29 is 14.2 Å². The summed E-state index contributed by atoms with van der Waals surface area (Å²) in [6.07, 6.45) is 1.58. The Morgan fingerprint density at radius 2 is 2.07 bits per heavy atom. The van der Waals surface area contributed by atoms with Crippen molar-refractivity contribution in [2.75, 3.05) is 20.8 Å². The van der Waals surface area contributed by atoms with Gasteiger partial charge in [0.15, 0.2) is 0 Å². The van der Waals surface area contributed by atoms with Gasteiger partial charge in [-0.25, -0.2) is 0 Å². The lowest BCUT2D eigenvalue weighted by Crippen LogP contribution is -2.34. The van der Waals surface area contributed by atoms with Crippen molar-refractivity contribution in [3.8, 4) is 17.6 Å². The molecule has 1 aromatic heterocycles. The summed E-state index contributed by atoms with van der Waals surface area (Å²) in [6, 6.07) is 11.3. The van der Waals surface area contributed by atoms with Gasteiger partial charge < -0.3 is 24.5 Å². The smallest absolute Gasteiger partial charge is 0.258 e. The van der Waals surface area contributed by atoms with Crippen LogP contribution in [0.2, 0.25) is 0 Å². The monoisotopic (exact) mass is 395 g/mol. The molecule has 0 saturated heterocycles. The molecule has 0 radical (unpaired) electrons. The van der Waals surface area contributed by atoms with Crippen LogP contribution < -0.4 is 20.8 Å². The highest BCUT2D eigenvalue weighted by Crippen LogP contribution is 2.43. The summed E-state index contributed by atoms with van der Waals surface area (Å²) >= 11 is 0. The van der Waals surface area contributed by atoms with Crippen molar-refractivity contribution in [1.82, 2.24) is 4.57 Å². The number of benzene rings is 1. The van der Waals surface area contributed by atoms with Gasteiger partial charge in [-0.2, -0.15) is 5.26 Å². The van der Waals surface area contributed by atoms with Crippen molar-refractivity contribution in [3.63, 3.8) is 0 Å². The summed E-state index contributed by atoms with van der Waals surface area (Å²) in [6.45, 7) is 2.86. The van der Waals surface area contributed by atoms with E-state index in [0.29, 0.717) is 42.2 Å². The van der Waals surface area contributed by atoms with E-state index < -0.39 is 5.92 Å².